The van der Waals surface area contributed by atoms with Gasteiger partial charge >= 0.3 is 6.03 Å². The standard InChI is InChI=1S/C25H32N4O4/c1-28-12-10-17-4-5-20(14-18(17)11-13-28)26-24(30)23-15-22(33-3)16-29(23)25(31)27-19-6-8-21(32-2)9-7-19/h4-9,14,22-23H,10-13,15-16H2,1-3H3,(H,26,30)(H,27,31)/t22?,23-/m1/s1. The number of fused-ring (bicyclic) bond motifs is 1. The lowest BCUT2D eigenvalue weighted by Crippen LogP contribution is -2.45. The van der Waals surface area contributed by atoms with E-state index in [0.717, 1.165) is 31.6 Å². The van der Waals surface area contributed by atoms with Gasteiger partial charge in [-0.3, -0.25) is 4.79 Å². The SMILES string of the molecule is COc1ccc(NC(=O)N2CC(OC)C[C@@H]2C(=O)Nc2ccc3c(c2)CCN(C)CC3)cc1. The number of carbonyl (C=O) groups excluding carboxylic acids is 2. The summed E-state index contributed by atoms with van der Waals surface area (Å²) in [5.74, 6) is 0.503. The van der Waals surface area contributed by atoms with Crippen molar-refractivity contribution in [3.63, 3.8) is 0 Å². The number of methoxy groups -OCH3 is 2. The molecule has 1 unspecified atom stereocenters. The third-order valence-corrected chi connectivity index (χ3v) is 6.50. The highest BCUT2D eigenvalue weighted by Crippen LogP contribution is 2.25. The molecule has 2 aliphatic rings. The van der Waals surface area contributed by atoms with E-state index in [9.17, 15) is 9.59 Å². The Morgan fingerprint density at radius 1 is 0.939 bits per heavy atom. The van der Waals surface area contributed by atoms with E-state index in [0.29, 0.717) is 24.4 Å². The van der Waals surface area contributed by atoms with Gasteiger partial charge in [0, 0.05) is 44.5 Å². The molecule has 0 spiro atoms. The first-order chi connectivity index (χ1) is 16.0. The summed E-state index contributed by atoms with van der Waals surface area (Å²) < 4.78 is 10.6. The molecule has 0 aromatic heterocycles. The van der Waals surface area contributed by atoms with Gasteiger partial charge < -0.3 is 29.9 Å². The number of benzene rings is 2. The molecule has 8 heteroatoms. The Morgan fingerprint density at radius 3 is 2.33 bits per heavy atom. The summed E-state index contributed by atoms with van der Waals surface area (Å²) in [6, 6.07) is 12.3. The number of nitrogens with zero attached hydrogens (tertiary/aromatic N) is 2. The molecule has 8 nitrogen and oxygen atoms in total. The first-order valence-electron chi connectivity index (χ1n) is 11.3. The van der Waals surface area contributed by atoms with Gasteiger partial charge in [-0.1, -0.05) is 6.07 Å². The van der Waals surface area contributed by atoms with Crippen LogP contribution in [0.3, 0.4) is 0 Å². The zero-order chi connectivity index (χ0) is 23.4. The summed E-state index contributed by atoms with van der Waals surface area (Å²) in [6.07, 6.45) is 2.23. The van der Waals surface area contributed by atoms with E-state index in [2.05, 4.69) is 34.7 Å². The number of nitrogens with one attached hydrogen (secondary N) is 2. The Kier molecular flexibility index (Phi) is 7.15. The number of carbonyl (C=O) groups is 2. The molecule has 2 aromatic rings. The Labute approximate surface area is 194 Å². The van der Waals surface area contributed by atoms with Crippen LogP contribution < -0.4 is 15.4 Å². The van der Waals surface area contributed by atoms with Crippen LogP contribution in [0.5, 0.6) is 5.75 Å². The summed E-state index contributed by atoms with van der Waals surface area (Å²) in [7, 11) is 5.33. The van der Waals surface area contributed by atoms with Crippen LogP contribution in [0.2, 0.25) is 0 Å². The molecule has 2 aliphatic heterocycles. The number of urea groups is 1. The van der Waals surface area contributed by atoms with Crippen molar-refractivity contribution in [1.29, 1.82) is 0 Å². The smallest absolute Gasteiger partial charge is 0.322 e. The minimum atomic E-state index is -0.613. The van der Waals surface area contributed by atoms with Crippen molar-refractivity contribution in [3.05, 3.63) is 53.6 Å². The fourth-order valence-electron chi connectivity index (χ4n) is 4.45. The molecule has 1 fully saturated rings. The van der Waals surface area contributed by atoms with Crippen LogP contribution in [-0.2, 0) is 22.4 Å². The molecule has 0 aliphatic carbocycles. The molecule has 2 N–H and O–H groups in total. The molecule has 4 rings (SSSR count). The third-order valence-electron chi connectivity index (χ3n) is 6.50. The highest BCUT2D eigenvalue weighted by molar-refractivity contribution is 5.99. The average molecular weight is 453 g/mol. The maximum atomic E-state index is 13.2. The van der Waals surface area contributed by atoms with E-state index in [4.69, 9.17) is 9.47 Å². The normalized spacial score (nSPS) is 20.6. The van der Waals surface area contributed by atoms with Crippen LogP contribution >= 0.6 is 0 Å². The van der Waals surface area contributed by atoms with Gasteiger partial charge in [-0.15, -0.1) is 0 Å². The van der Waals surface area contributed by atoms with Gasteiger partial charge in [0.25, 0.3) is 0 Å². The van der Waals surface area contributed by atoms with Crippen molar-refractivity contribution in [3.8, 4) is 5.75 Å². The fraction of sp³-hybridized carbons (Fsp3) is 0.440. The van der Waals surface area contributed by atoms with Crippen LogP contribution in [0, 0.1) is 0 Å². The Bertz CT molecular complexity index is 994. The first kappa shape index (κ1) is 23.1. The number of rotatable bonds is 5. The molecule has 2 atom stereocenters. The molecular weight excluding hydrogens is 420 g/mol. The second-order valence-electron chi connectivity index (χ2n) is 8.70. The second kappa shape index (κ2) is 10.2. The van der Waals surface area contributed by atoms with E-state index in [1.165, 1.54) is 11.1 Å². The zero-order valence-corrected chi connectivity index (χ0v) is 19.5. The molecule has 176 valence electrons. The topological polar surface area (TPSA) is 83.1 Å². The van der Waals surface area contributed by atoms with Crippen molar-refractivity contribution in [2.75, 3.05) is 51.5 Å². The molecule has 2 aromatic carbocycles. The molecule has 3 amide bonds. The molecular formula is C25H32N4O4. The van der Waals surface area contributed by atoms with Gasteiger partial charge in [0.2, 0.25) is 5.91 Å². The van der Waals surface area contributed by atoms with Gasteiger partial charge in [-0.25, -0.2) is 4.79 Å². The predicted molar refractivity (Wildman–Crippen MR) is 128 cm³/mol. The predicted octanol–water partition coefficient (Wildman–Crippen LogP) is 2.99. The molecule has 0 bridgehead atoms. The Hall–Kier alpha value is -3.10. The van der Waals surface area contributed by atoms with Crippen molar-refractivity contribution in [2.45, 2.75) is 31.4 Å². The van der Waals surface area contributed by atoms with E-state index in [-0.39, 0.29) is 18.0 Å². The summed E-state index contributed by atoms with van der Waals surface area (Å²) >= 11 is 0. The van der Waals surface area contributed by atoms with Crippen LogP contribution in [-0.4, -0.2) is 74.8 Å². The number of ether oxygens (including phenoxy) is 2. The molecule has 0 radical (unpaired) electrons. The van der Waals surface area contributed by atoms with Gasteiger partial charge in [0.1, 0.15) is 11.8 Å². The maximum absolute atomic E-state index is 13.2. The monoisotopic (exact) mass is 452 g/mol. The number of likely N-dealkylation sites (N-methyl/N-ethyl adjacent to an activating group) is 1. The molecule has 0 saturated carbocycles. The second-order valence-corrected chi connectivity index (χ2v) is 8.70. The minimum absolute atomic E-state index is 0.190. The zero-order valence-electron chi connectivity index (χ0n) is 19.5. The van der Waals surface area contributed by atoms with Crippen molar-refractivity contribution in [2.24, 2.45) is 0 Å². The number of likely N-dealkylation sites (tertiary alicyclic amines) is 1. The Balaban J connectivity index is 1.45. The largest absolute Gasteiger partial charge is 0.497 e. The first-order valence-corrected chi connectivity index (χ1v) is 11.3. The number of anilines is 2. The highest BCUT2D eigenvalue weighted by Gasteiger charge is 2.40. The number of hydrogen-bond acceptors (Lipinski definition) is 5. The van der Waals surface area contributed by atoms with E-state index >= 15 is 0 Å². The fourth-order valence-corrected chi connectivity index (χ4v) is 4.45. The molecule has 1 saturated heterocycles. The molecule has 2 heterocycles. The maximum Gasteiger partial charge on any atom is 0.322 e. The van der Waals surface area contributed by atoms with Crippen molar-refractivity contribution < 1.29 is 19.1 Å². The highest BCUT2D eigenvalue weighted by atomic mass is 16.5. The van der Waals surface area contributed by atoms with Crippen LogP contribution in [0.1, 0.15) is 17.5 Å². The van der Waals surface area contributed by atoms with E-state index in [1.54, 1.807) is 43.4 Å². The van der Waals surface area contributed by atoms with Crippen LogP contribution in [0.4, 0.5) is 16.2 Å². The van der Waals surface area contributed by atoms with Gasteiger partial charge in [0.15, 0.2) is 0 Å². The van der Waals surface area contributed by atoms with Crippen LogP contribution in [0.15, 0.2) is 42.5 Å². The van der Waals surface area contributed by atoms with Crippen molar-refractivity contribution in [1.82, 2.24) is 9.80 Å². The lowest BCUT2D eigenvalue weighted by molar-refractivity contribution is -0.119. The summed E-state index contributed by atoms with van der Waals surface area (Å²) in [5, 5.41) is 5.90. The summed E-state index contributed by atoms with van der Waals surface area (Å²) in [5.41, 5.74) is 4.00. The van der Waals surface area contributed by atoms with E-state index < -0.39 is 6.04 Å². The van der Waals surface area contributed by atoms with Gasteiger partial charge in [-0.2, -0.15) is 0 Å². The van der Waals surface area contributed by atoms with Gasteiger partial charge in [-0.05, 0) is 67.4 Å². The summed E-state index contributed by atoms with van der Waals surface area (Å²) in [4.78, 5) is 30.1. The van der Waals surface area contributed by atoms with E-state index in [1.807, 2.05) is 6.07 Å². The quantitative estimate of drug-likeness (QED) is 0.729. The average Bonchev–Trinajstić information content (AvgIpc) is 3.19. The Morgan fingerprint density at radius 2 is 1.64 bits per heavy atom. The van der Waals surface area contributed by atoms with Crippen LogP contribution in [0.25, 0.3) is 0 Å². The van der Waals surface area contributed by atoms with Crippen molar-refractivity contribution >= 4 is 23.3 Å². The number of amides is 3. The lowest BCUT2D eigenvalue weighted by Gasteiger charge is -2.24. The third kappa shape index (κ3) is 5.46. The van der Waals surface area contributed by atoms with Gasteiger partial charge in [0.05, 0.1) is 13.2 Å². The summed E-state index contributed by atoms with van der Waals surface area (Å²) in [6.45, 7) is 2.40. The lowest BCUT2D eigenvalue weighted by atomic mass is 10.0. The number of hydrogen-bond donors (Lipinski definition) is 2. The molecule has 33 heavy (non-hydrogen) atoms. The minimum Gasteiger partial charge on any atom is -0.497 e.